The lowest BCUT2D eigenvalue weighted by Crippen LogP contribution is -2.27. The Balaban J connectivity index is 2.15. The van der Waals surface area contributed by atoms with E-state index in [1.807, 2.05) is 12.1 Å². The highest BCUT2D eigenvalue weighted by molar-refractivity contribution is 7.80. The highest BCUT2D eigenvalue weighted by atomic mass is 32.1. The van der Waals surface area contributed by atoms with Gasteiger partial charge in [0.05, 0.1) is 0 Å². The largest absolute Gasteiger partial charge is 0.389 e. The van der Waals surface area contributed by atoms with E-state index >= 15 is 0 Å². The molecule has 17 heavy (non-hydrogen) atoms. The summed E-state index contributed by atoms with van der Waals surface area (Å²) in [4.78, 5) is 7.22. The zero-order valence-corrected chi connectivity index (χ0v) is 11.0. The SMILES string of the molecule is CCCN(CC1CC1)c1cc(C(N)=S)ccn1. The van der Waals surface area contributed by atoms with E-state index in [0.29, 0.717) is 4.99 Å². The first-order valence-electron chi connectivity index (χ1n) is 6.21. The molecule has 0 unspecified atom stereocenters. The first-order valence-corrected chi connectivity index (χ1v) is 6.62. The average Bonchev–Trinajstić information content (AvgIpc) is 3.12. The fourth-order valence-electron chi connectivity index (χ4n) is 1.93. The van der Waals surface area contributed by atoms with E-state index in [-0.39, 0.29) is 0 Å². The van der Waals surface area contributed by atoms with Gasteiger partial charge in [0.2, 0.25) is 0 Å². The topological polar surface area (TPSA) is 42.1 Å². The highest BCUT2D eigenvalue weighted by Crippen LogP contribution is 2.31. The second kappa shape index (κ2) is 5.45. The fraction of sp³-hybridized carbons (Fsp3) is 0.538. The molecule has 4 heteroatoms. The molecule has 0 atom stereocenters. The molecule has 1 saturated carbocycles. The normalized spacial score (nSPS) is 14.6. The summed E-state index contributed by atoms with van der Waals surface area (Å²) in [6.07, 6.45) is 5.63. The number of nitrogens with zero attached hydrogens (tertiary/aromatic N) is 2. The number of hydrogen-bond donors (Lipinski definition) is 1. The van der Waals surface area contributed by atoms with Crippen LogP contribution in [0.1, 0.15) is 31.7 Å². The van der Waals surface area contributed by atoms with Gasteiger partial charge in [0.1, 0.15) is 10.8 Å². The molecule has 2 N–H and O–H groups in total. The minimum absolute atomic E-state index is 0.441. The van der Waals surface area contributed by atoms with Gasteiger partial charge in [-0.05, 0) is 37.3 Å². The lowest BCUT2D eigenvalue weighted by Gasteiger charge is -2.23. The maximum atomic E-state index is 5.66. The molecule has 1 heterocycles. The molecule has 0 aliphatic heterocycles. The van der Waals surface area contributed by atoms with E-state index in [0.717, 1.165) is 36.8 Å². The Morgan fingerprint density at radius 2 is 2.35 bits per heavy atom. The molecular formula is C13H19N3S. The number of hydrogen-bond acceptors (Lipinski definition) is 3. The number of aromatic nitrogens is 1. The summed E-state index contributed by atoms with van der Waals surface area (Å²) in [6, 6.07) is 3.87. The molecule has 1 fully saturated rings. The van der Waals surface area contributed by atoms with Gasteiger partial charge < -0.3 is 10.6 Å². The number of thiocarbonyl (C=S) groups is 1. The predicted molar refractivity (Wildman–Crippen MR) is 75.4 cm³/mol. The third-order valence-electron chi connectivity index (χ3n) is 3.02. The van der Waals surface area contributed by atoms with Crippen molar-refractivity contribution in [3.63, 3.8) is 0 Å². The molecule has 1 aliphatic carbocycles. The van der Waals surface area contributed by atoms with Crippen molar-refractivity contribution in [2.75, 3.05) is 18.0 Å². The van der Waals surface area contributed by atoms with Crippen LogP contribution in [-0.4, -0.2) is 23.1 Å². The maximum absolute atomic E-state index is 5.66. The number of pyridine rings is 1. The van der Waals surface area contributed by atoms with Crippen molar-refractivity contribution < 1.29 is 0 Å². The van der Waals surface area contributed by atoms with Crippen molar-refractivity contribution in [1.29, 1.82) is 0 Å². The monoisotopic (exact) mass is 249 g/mol. The fourth-order valence-corrected chi connectivity index (χ4v) is 2.05. The predicted octanol–water partition coefficient (Wildman–Crippen LogP) is 2.34. The number of nitrogens with two attached hydrogens (primary N) is 1. The van der Waals surface area contributed by atoms with Crippen molar-refractivity contribution in [1.82, 2.24) is 4.98 Å². The molecule has 0 spiro atoms. The Bertz CT molecular complexity index is 401. The quantitative estimate of drug-likeness (QED) is 0.786. The van der Waals surface area contributed by atoms with Gasteiger partial charge in [-0.25, -0.2) is 4.98 Å². The van der Waals surface area contributed by atoms with Crippen LogP contribution >= 0.6 is 12.2 Å². The smallest absolute Gasteiger partial charge is 0.129 e. The van der Waals surface area contributed by atoms with Gasteiger partial charge in [-0.1, -0.05) is 19.1 Å². The van der Waals surface area contributed by atoms with Crippen molar-refractivity contribution in [2.24, 2.45) is 11.7 Å². The van der Waals surface area contributed by atoms with Gasteiger partial charge in [0, 0.05) is 24.8 Å². The zero-order chi connectivity index (χ0) is 12.3. The maximum Gasteiger partial charge on any atom is 0.129 e. The van der Waals surface area contributed by atoms with Crippen LogP contribution < -0.4 is 10.6 Å². The van der Waals surface area contributed by atoms with Crippen LogP contribution in [0, 0.1) is 5.92 Å². The van der Waals surface area contributed by atoms with Crippen LogP contribution in [-0.2, 0) is 0 Å². The minimum Gasteiger partial charge on any atom is -0.389 e. The van der Waals surface area contributed by atoms with Crippen molar-refractivity contribution in [2.45, 2.75) is 26.2 Å². The van der Waals surface area contributed by atoms with Crippen LogP contribution in [0.4, 0.5) is 5.82 Å². The van der Waals surface area contributed by atoms with Crippen molar-refractivity contribution >= 4 is 23.0 Å². The average molecular weight is 249 g/mol. The summed E-state index contributed by atoms with van der Waals surface area (Å²) >= 11 is 5.00. The van der Waals surface area contributed by atoms with E-state index in [4.69, 9.17) is 18.0 Å². The zero-order valence-electron chi connectivity index (χ0n) is 10.2. The molecular weight excluding hydrogens is 230 g/mol. The van der Waals surface area contributed by atoms with Crippen LogP contribution in [0.5, 0.6) is 0 Å². The third kappa shape index (κ3) is 3.40. The lowest BCUT2D eigenvalue weighted by atomic mass is 10.2. The Hall–Kier alpha value is -1.16. The first kappa shape index (κ1) is 12.3. The van der Waals surface area contributed by atoms with E-state index in [9.17, 15) is 0 Å². The summed E-state index contributed by atoms with van der Waals surface area (Å²) in [5, 5.41) is 0. The van der Waals surface area contributed by atoms with Gasteiger partial charge in [-0.2, -0.15) is 0 Å². The van der Waals surface area contributed by atoms with Crippen molar-refractivity contribution in [3.05, 3.63) is 23.9 Å². The van der Waals surface area contributed by atoms with Crippen LogP contribution in [0.25, 0.3) is 0 Å². The molecule has 1 aromatic rings. The van der Waals surface area contributed by atoms with E-state index in [1.54, 1.807) is 6.20 Å². The van der Waals surface area contributed by atoms with Crippen LogP contribution in [0.2, 0.25) is 0 Å². The Kier molecular flexibility index (Phi) is 3.94. The van der Waals surface area contributed by atoms with E-state index < -0.39 is 0 Å². The summed E-state index contributed by atoms with van der Waals surface area (Å²) in [5.74, 6) is 1.86. The van der Waals surface area contributed by atoms with Gasteiger partial charge in [0.15, 0.2) is 0 Å². The van der Waals surface area contributed by atoms with Crippen molar-refractivity contribution in [3.8, 4) is 0 Å². The summed E-state index contributed by atoms with van der Waals surface area (Å²) < 4.78 is 0. The molecule has 0 radical (unpaired) electrons. The molecule has 92 valence electrons. The standard InChI is InChI=1S/C13H19N3S/c1-2-7-16(9-10-3-4-10)12-8-11(13(14)17)5-6-15-12/h5-6,8,10H,2-4,7,9H2,1H3,(H2,14,17). The van der Waals surface area contributed by atoms with Gasteiger partial charge in [-0.15, -0.1) is 0 Å². The summed E-state index contributed by atoms with van der Waals surface area (Å²) in [5.41, 5.74) is 6.56. The third-order valence-corrected chi connectivity index (χ3v) is 3.26. The Labute approximate surface area is 108 Å². The van der Waals surface area contributed by atoms with E-state index in [1.165, 1.54) is 12.8 Å². The van der Waals surface area contributed by atoms with Crippen LogP contribution in [0.15, 0.2) is 18.3 Å². The van der Waals surface area contributed by atoms with Gasteiger partial charge in [0.25, 0.3) is 0 Å². The Morgan fingerprint density at radius 3 is 2.94 bits per heavy atom. The molecule has 0 bridgehead atoms. The first-order chi connectivity index (χ1) is 8.20. The van der Waals surface area contributed by atoms with Gasteiger partial charge in [-0.3, -0.25) is 0 Å². The van der Waals surface area contributed by atoms with Gasteiger partial charge >= 0.3 is 0 Å². The second-order valence-corrected chi connectivity index (χ2v) is 5.10. The second-order valence-electron chi connectivity index (χ2n) is 4.66. The highest BCUT2D eigenvalue weighted by Gasteiger charge is 2.24. The molecule has 1 aliphatic rings. The molecule has 0 saturated heterocycles. The van der Waals surface area contributed by atoms with E-state index in [2.05, 4.69) is 16.8 Å². The summed E-state index contributed by atoms with van der Waals surface area (Å²) in [6.45, 7) is 4.35. The summed E-state index contributed by atoms with van der Waals surface area (Å²) in [7, 11) is 0. The lowest BCUT2D eigenvalue weighted by molar-refractivity contribution is 0.699. The molecule has 3 nitrogen and oxygen atoms in total. The number of rotatable bonds is 6. The molecule has 0 aromatic carbocycles. The number of anilines is 1. The minimum atomic E-state index is 0.441. The molecule has 0 amide bonds. The Morgan fingerprint density at radius 1 is 1.59 bits per heavy atom. The molecule has 1 aromatic heterocycles. The molecule has 2 rings (SSSR count). The van der Waals surface area contributed by atoms with Crippen LogP contribution in [0.3, 0.4) is 0 Å².